The Labute approximate surface area is 109 Å². The molecule has 1 heterocycles. The highest BCUT2D eigenvalue weighted by Crippen LogP contribution is 2.10. The second-order valence-corrected chi connectivity index (χ2v) is 4.00. The molecule has 2 rings (SSSR count). The van der Waals surface area contributed by atoms with Gasteiger partial charge in [-0.1, -0.05) is 0 Å². The molecule has 2 aromatic rings. The molecule has 3 nitrogen and oxygen atoms in total. The molecule has 0 atom stereocenters. The van der Waals surface area contributed by atoms with Crippen molar-refractivity contribution >= 4 is 5.69 Å². The molecule has 0 radical (unpaired) electrons. The van der Waals surface area contributed by atoms with Crippen LogP contribution in [0.15, 0.2) is 36.5 Å². The summed E-state index contributed by atoms with van der Waals surface area (Å²) in [5.41, 5.74) is 1.69. The molecule has 0 aliphatic carbocycles. The van der Waals surface area contributed by atoms with Crippen LogP contribution in [0.5, 0.6) is 0 Å². The molecule has 0 amide bonds. The first kappa shape index (κ1) is 13.0. The molecular formula is C14H11F2N3. The predicted molar refractivity (Wildman–Crippen MR) is 67.5 cm³/mol. The zero-order valence-corrected chi connectivity index (χ0v) is 10.0. The third-order valence-electron chi connectivity index (χ3n) is 2.54. The van der Waals surface area contributed by atoms with Crippen molar-refractivity contribution in [2.24, 2.45) is 0 Å². The van der Waals surface area contributed by atoms with Gasteiger partial charge in [-0.15, -0.1) is 0 Å². The van der Waals surface area contributed by atoms with Gasteiger partial charge in [0.05, 0.1) is 11.9 Å². The van der Waals surface area contributed by atoms with E-state index in [4.69, 9.17) is 5.26 Å². The first-order valence-corrected chi connectivity index (χ1v) is 5.72. The normalized spacial score (nSPS) is 9.95. The van der Waals surface area contributed by atoms with Crippen molar-refractivity contribution in [3.05, 3.63) is 59.4 Å². The van der Waals surface area contributed by atoms with Crippen molar-refractivity contribution in [3.8, 4) is 6.07 Å². The number of pyridine rings is 1. The SMILES string of the molecule is N#Cc1ccc(NCCc2cc(F)cc(F)c2)cn1. The maximum absolute atomic E-state index is 13.0. The van der Waals surface area contributed by atoms with Crippen LogP contribution in [-0.4, -0.2) is 11.5 Å². The van der Waals surface area contributed by atoms with Crippen LogP contribution in [0.3, 0.4) is 0 Å². The summed E-state index contributed by atoms with van der Waals surface area (Å²) in [6.07, 6.45) is 2.04. The van der Waals surface area contributed by atoms with Gasteiger partial charge >= 0.3 is 0 Å². The molecule has 1 aromatic heterocycles. The number of anilines is 1. The molecule has 1 N–H and O–H groups in total. The lowest BCUT2D eigenvalue weighted by Crippen LogP contribution is -2.05. The van der Waals surface area contributed by atoms with Crippen LogP contribution in [-0.2, 0) is 6.42 Å². The van der Waals surface area contributed by atoms with Crippen LogP contribution in [0.2, 0.25) is 0 Å². The number of hydrogen-bond acceptors (Lipinski definition) is 3. The molecule has 0 saturated heterocycles. The van der Waals surface area contributed by atoms with E-state index < -0.39 is 11.6 Å². The van der Waals surface area contributed by atoms with Crippen LogP contribution >= 0.6 is 0 Å². The van der Waals surface area contributed by atoms with Gasteiger partial charge in [0.15, 0.2) is 0 Å². The lowest BCUT2D eigenvalue weighted by Gasteiger charge is -2.06. The van der Waals surface area contributed by atoms with E-state index in [9.17, 15) is 8.78 Å². The number of nitriles is 1. The summed E-state index contributed by atoms with van der Waals surface area (Å²) in [6, 6.07) is 8.72. The van der Waals surface area contributed by atoms with Crippen molar-refractivity contribution in [3.63, 3.8) is 0 Å². The van der Waals surface area contributed by atoms with E-state index in [2.05, 4.69) is 10.3 Å². The maximum Gasteiger partial charge on any atom is 0.140 e. The van der Waals surface area contributed by atoms with Gasteiger partial charge in [-0.05, 0) is 36.2 Å². The molecule has 96 valence electrons. The van der Waals surface area contributed by atoms with Gasteiger partial charge in [-0.3, -0.25) is 0 Å². The Balaban J connectivity index is 1.90. The number of hydrogen-bond donors (Lipinski definition) is 1. The van der Waals surface area contributed by atoms with Crippen LogP contribution < -0.4 is 5.32 Å². The second-order valence-electron chi connectivity index (χ2n) is 4.00. The first-order valence-electron chi connectivity index (χ1n) is 5.72. The van der Waals surface area contributed by atoms with Gasteiger partial charge in [0.2, 0.25) is 0 Å². The summed E-state index contributed by atoms with van der Waals surface area (Å²) in [6.45, 7) is 0.524. The van der Waals surface area contributed by atoms with Gasteiger partial charge < -0.3 is 5.32 Å². The Morgan fingerprint density at radius 1 is 1.16 bits per heavy atom. The van der Waals surface area contributed by atoms with Crippen LogP contribution in [0, 0.1) is 23.0 Å². The summed E-state index contributed by atoms with van der Waals surface area (Å²) in [5, 5.41) is 11.7. The van der Waals surface area contributed by atoms with Gasteiger partial charge in [0, 0.05) is 12.6 Å². The smallest absolute Gasteiger partial charge is 0.140 e. The molecule has 0 aliphatic heterocycles. The largest absolute Gasteiger partial charge is 0.383 e. The van der Waals surface area contributed by atoms with Gasteiger partial charge in [-0.2, -0.15) is 5.26 Å². The molecule has 0 unspecified atom stereocenters. The fourth-order valence-corrected chi connectivity index (χ4v) is 1.67. The van der Waals surface area contributed by atoms with Crippen LogP contribution in [0.25, 0.3) is 0 Å². The Morgan fingerprint density at radius 3 is 2.47 bits per heavy atom. The van der Waals surface area contributed by atoms with E-state index in [0.29, 0.717) is 24.2 Å². The second kappa shape index (κ2) is 5.91. The molecule has 1 aromatic carbocycles. The van der Waals surface area contributed by atoms with Crippen molar-refractivity contribution in [1.82, 2.24) is 4.98 Å². The number of halogens is 2. The van der Waals surface area contributed by atoms with E-state index in [1.807, 2.05) is 6.07 Å². The average molecular weight is 259 g/mol. The minimum Gasteiger partial charge on any atom is -0.383 e. The number of aromatic nitrogens is 1. The van der Waals surface area contributed by atoms with Gasteiger partial charge in [0.1, 0.15) is 23.4 Å². The summed E-state index contributed by atoms with van der Waals surface area (Å²) in [7, 11) is 0. The van der Waals surface area contributed by atoms with Gasteiger partial charge in [-0.25, -0.2) is 13.8 Å². The summed E-state index contributed by atoms with van der Waals surface area (Å²) in [5.74, 6) is -1.15. The Hall–Kier alpha value is -2.48. The van der Waals surface area contributed by atoms with Crippen molar-refractivity contribution in [2.75, 3.05) is 11.9 Å². The molecule has 0 saturated carbocycles. The Kier molecular flexibility index (Phi) is 4.04. The van der Waals surface area contributed by atoms with E-state index >= 15 is 0 Å². The summed E-state index contributed by atoms with van der Waals surface area (Å²) in [4.78, 5) is 3.91. The fourth-order valence-electron chi connectivity index (χ4n) is 1.67. The standard InChI is InChI=1S/C14H11F2N3/c15-11-5-10(6-12(16)7-11)3-4-18-14-2-1-13(8-17)19-9-14/h1-2,5-7,9,18H,3-4H2. The van der Waals surface area contributed by atoms with E-state index in [-0.39, 0.29) is 0 Å². The summed E-state index contributed by atoms with van der Waals surface area (Å²) >= 11 is 0. The Morgan fingerprint density at radius 2 is 1.89 bits per heavy atom. The lowest BCUT2D eigenvalue weighted by atomic mass is 10.1. The fraction of sp³-hybridized carbons (Fsp3) is 0.143. The van der Waals surface area contributed by atoms with Crippen molar-refractivity contribution < 1.29 is 8.78 Å². The molecule has 0 aliphatic rings. The quantitative estimate of drug-likeness (QED) is 0.918. The van der Waals surface area contributed by atoms with Crippen molar-refractivity contribution in [1.29, 1.82) is 5.26 Å². The number of benzene rings is 1. The predicted octanol–water partition coefficient (Wildman–Crippen LogP) is 2.89. The minimum atomic E-state index is -0.574. The molecular weight excluding hydrogens is 248 g/mol. The highest BCUT2D eigenvalue weighted by molar-refractivity contribution is 5.42. The maximum atomic E-state index is 13.0. The van der Waals surface area contributed by atoms with E-state index in [0.717, 1.165) is 11.8 Å². The molecule has 19 heavy (non-hydrogen) atoms. The molecule has 0 fully saturated rings. The lowest BCUT2D eigenvalue weighted by molar-refractivity contribution is 0.580. The monoisotopic (exact) mass is 259 g/mol. The minimum absolute atomic E-state index is 0.345. The van der Waals surface area contributed by atoms with E-state index in [1.165, 1.54) is 12.1 Å². The summed E-state index contributed by atoms with van der Waals surface area (Å²) < 4.78 is 25.9. The number of nitrogens with one attached hydrogen (secondary N) is 1. The van der Waals surface area contributed by atoms with Crippen LogP contribution in [0.1, 0.15) is 11.3 Å². The van der Waals surface area contributed by atoms with Crippen LogP contribution in [0.4, 0.5) is 14.5 Å². The zero-order valence-electron chi connectivity index (χ0n) is 10.0. The number of nitrogens with zero attached hydrogens (tertiary/aromatic N) is 2. The van der Waals surface area contributed by atoms with E-state index in [1.54, 1.807) is 18.3 Å². The first-order chi connectivity index (χ1) is 9.17. The number of rotatable bonds is 4. The third kappa shape index (κ3) is 3.75. The topological polar surface area (TPSA) is 48.7 Å². The molecule has 0 bridgehead atoms. The highest BCUT2D eigenvalue weighted by Gasteiger charge is 2.01. The molecule has 0 spiro atoms. The Bertz CT molecular complexity index is 583. The van der Waals surface area contributed by atoms with Gasteiger partial charge in [0.25, 0.3) is 0 Å². The third-order valence-corrected chi connectivity index (χ3v) is 2.54. The van der Waals surface area contributed by atoms with Crippen molar-refractivity contribution in [2.45, 2.75) is 6.42 Å². The average Bonchev–Trinajstić information content (AvgIpc) is 2.38. The molecule has 5 heteroatoms. The highest BCUT2D eigenvalue weighted by atomic mass is 19.1. The zero-order chi connectivity index (χ0) is 13.7.